The average molecular weight is 406 g/mol. The molecule has 29 heavy (non-hydrogen) atoms. The minimum Gasteiger partial charge on any atom is -0.461 e. The highest BCUT2D eigenvalue weighted by molar-refractivity contribution is 5.81. The molecule has 3 rings (SSSR count). The van der Waals surface area contributed by atoms with E-state index in [9.17, 15) is 4.79 Å². The number of nitrogens with two attached hydrogens (primary N) is 1. The van der Waals surface area contributed by atoms with E-state index in [0.717, 1.165) is 52.0 Å². The highest BCUT2D eigenvalue weighted by Crippen LogP contribution is 2.19. The number of rotatable bonds is 9. The first kappa shape index (κ1) is 21.6. The third kappa shape index (κ3) is 5.48. The van der Waals surface area contributed by atoms with Crippen LogP contribution >= 0.6 is 0 Å². The topological polar surface area (TPSA) is 105 Å². The fourth-order valence-corrected chi connectivity index (χ4v) is 3.79. The Kier molecular flexibility index (Phi) is 7.13. The van der Waals surface area contributed by atoms with Crippen LogP contribution in [0.4, 0.5) is 5.82 Å². The summed E-state index contributed by atoms with van der Waals surface area (Å²) in [5.41, 5.74) is 6.77. The molecule has 2 aromatic rings. The van der Waals surface area contributed by atoms with Crippen molar-refractivity contribution in [3.8, 4) is 6.01 Å². The fourth-order valence-electron chi connectivity index (χ4n) is 3.79. The van der Waals surface area contributed by atoms with Gasteiger partial charge < -0.3 is 20.4 Å². The molecular formula is C20H35N7O2. The molecule has 0 spiro atoms. The summed E-state index contributed by atoms with van der Waals surface area (Å²) in [7, 11) is 0. The van der Waals surface area contributed by atoms with Crippen molar-refractivity contribution in [2.75, 3.05) is 38.5 Å². The van der Waals surface area contributed by atoms with E-state index >= 15 is 0 Å². The van der Waals surface area contributed by atoms with Crippen LogP contribution in [0.1, 0.15) is 47.0 Å². The number of hydrogen-bond donors (Lipinski definition) is 2. The molecule has 162 valence electrons. The van der Waals surface area contributed by atoms with Crippen molar-refractivity contribution in [3.63, 3.8) is 0 Å². The van der Waals surface area contributed by atoms with Crippen LogP contribution in [0.3, 0.4) is 0 Å². The smallest absolute Gasteiger partial charge is 0.327 e. The summed E-state index contributed by atoms with van der Waals surface area (Å²) in [5.74, 6) is 0.238. The SMILES string of the molecule is CC(C)Oc1nc(N)c2[nH]c(=O)n(CCCCCN3CCN(C(C)C)CC3)c2n1. The summed E-state index contributed by atoms with van der Waals surface area (Å²) in [6.07, 6.45) is 3.06. The molecule has 0 saturated carbocycles. The number of fused-ring (bicyclic) bond motifs is 1. The number of piperazine rings is 1. The highest BCUT2D eigenvalue weighted by atomic mass is 16.5. The van der Waals surface area contributed by atoms with Crippen molar-refractivity contribution in [3.05, 3.63) is 10.5 Å². The van der Waals surface area contributed by atoms with E-state index in [0.29, 0.717) is 23.8 Å². The maximum Gasteiger partial charge on any atom is 0.327 e. The molecule has 0 amide bonds. The molecular weight excluding hydrogens is 370 g/mol. The van der Waals surface area contributed by atoms with Crippen LogP contribution in [-0.4, -0.2) is 74.2 Å². The van der Waals surface area contributed by atoms with Crippen molar-refractivity contribution < 1.29 is 4.74 Å². The van der Waals surface area contributed by atoms with E-state index in [4.69, 9.17) is 10.5 Å². The number of unbranched alkanes of at least 4 members (excludes halogenated alkanes) is 2. The molecule has 0 atom stereocenters. The van der Waals surface area contributed by atoms with Gasteiger partial charge in [-0.25, -0.2) is 4.79 Å². The lowest BCUT2D eigenvalue weighted by molar-refractivity contribution is 0.107. The standard InChI is InChI=1S/C20H35N7O2/c1-14(2)26-12-10-25(11-13-26)8-6-5-7-9-27-18-16(22-20(27)28)17(21)23-19(24-18)29-15(3)4/h14-15H,5-13H2,1-4H3,(H,22,28)(H2,21,23,24). The molecule has 1 fully saturated rings. The minimum atomic E-state index is -0.201. The van der Waals surface area contributed by atoms with Gasteiger partial charge in [-0.2, -0.15) is 9.97 Å². The molecule has 3 N–H and O–H groups in total. The predicted molar refractivity (Wildman–Crippen MR) is 115 cm³/mol. The molecule has 0 unspecified atom stereocenters. The molecule has 9 heteroatoms. The molecule has 0 aliphatic carbocycles. The van der Waals surface area contributed by atoms with Gasteiger partial charge in [0.2, 0.25) is 0 Å². The summed E-state index contributed by atoms with van der Waals surface area (Å²) in [4.78, 5) is 28.7. The van der Waals surface area contributed by atoms with Gasteiger partial charge >= 0.3 is 11.7 Å². The molecule has 1 saturated heterocycles. The molecule has 2 aromatic heterocycles. The lowest BCUT2D eigenvalue weighted by atomic mass is 10.2. The maximum absolute atomic E-state index is 12.4. The van der Waals surface area contributed by atoms with E-state index in [1.54, 1.807) is 4.57 Å². The maximum atomic E-state index is 12.4. The monoisotopic (exact) mass is 405 g/mol. The summed E-state index contributed by atoms with van der Waals surface area (Å²) in [6, 6.07) is 0.842. The van der Waals surface area contributed by atoms with Gasteiger partial charge in [0.1, 0.15) is 5.52 Å². The van der Waals surface area contributed by atoms with Gasteiger partial charge in [-0.05, 0) is 47.1 Å². The van der Waals surface area contributed by atoms with Crippen LogP contribution in [0.2, 0.25) is 0 Å². The molecule has 1 aliphatic rings. The summed E-state index contributed by atoms with van der Waals surface area (Å²) < 4.78 is 7.20. The molecule has 0 radical (unpaired) electrons. The van der Waals surface area contributed by atoms with Crippen molar-refractivity contribution in [2.45, 2.75) is 65.6 Å². The summed E-state index contributed by atoms with van der Waals surface area (Å²) >= 11 is 0. The first-order valence-electron chi connectivity index (χ1n) is 10.7. The predicted octanol–water partition coefficient (Wildman–Crippen LogP) is 1.69. The zero-order chi connectivity index (χ0) is 21.0. The van der Waals surface area contributed by atoms with Crippen LogP contribution < -0.4 is 16.2 Å². The van der Waals surface area contributed by atoms with E-state index in [2.05, 4.69) is 38.6 Å². The number of imidazole rings is 1. The van der Waals surface area contributed by atoms with Crippen molar-refractivity contribution in [2.24, 2.45) is 0 Å². The number of H-pyrrole nitrogens is 1. The van der Waals surface area contributed by atoms with Gasteiger partial charge in [0, 0.05) is 38.8 Å². The number of nitrogen functional groups attached to an aromatic ring is 1. The summed E-state index contributed by atoms with van der Waals surface area (Å²) in [6.45, 7) is 14.7. The number of aryl methyl sites for hydroxylation is 1. The van der Waals surface area contributed by atoms with Gasteiger partial charge in [0.25, 0.3) is 0 Å². The van der Waals surface area contributed by atoms with Gasteiger partial charge in [-0.3, -0.25) is 9.47 Å². The quantitative estimate of drug-likeness (QED) is 0.612. The largest absolute Gasteiger partial charge is 0.461 e. The molecule has 0 aromatic carbocycles. The Hall–Kier alpha value is -2.13. The number of aromatic amines is 1. The molecule has 1 aliphatic heterocycles. The number of nitrogens with zero attached hydrogens (tertiary/aromatic N) is 5. The van der Waals surface area contributed by atoms with Crippen LogP contribution in [0.15, 0.2) is 4.79 Å². The van der Waals surface area contributed by atoms with Crippen molar-refractivity contribution in [1.82, 2.24) is 29.3 Å². The van der Waals surface area contributed by atoms with E-state index in [1.807, 2.05) is 13.8 Å². The number of aromatic nitrogens is 4. The number of hydrogen-bond acceptors (Lipinski definition) is 7. The zero-order valence-corrected chi connectivity index (χ0v) is 18.1. The lowest BCUT2D eigenvalue weighted by Crippen LogP contribution is -2.48. The van der Waals surface area contributed by atoms with E-state index < -0.39 is 0 Å². The number of nitrogens with one attached hydrogen (secondary N) is 1. The third-order valence-electron chi connectivity index (χ3n) is 5.46. The van der Waals surface area contributed by atoms with E-state index in [1.165, 1.54) is 0 Å². The third-order valence-corrected chi connectivity index (χ3v) is 5.46. The highest BCUT2D eigenvalue weighted by Gasteiger charge is 2.18. The van der Waals surface area contributed by atoms with Crippen LogP contribution in [0.25, 0.3) is 11.2 Å². The Morgan fingerprint density at radius 1 is 1.03 bits per heavy atom. The van der Waals surface area contributed by atoms with Gasteiger partial charge in [0.15, 0.2) is 11.5 Å². The van der Waals surface area contributed by atoms with Gasteiger partial charge in [-0.1, -0.05) is 6.42 Å². The second-order valence-electron chi connectivity index (χ2n) is 8.37. The van der Waals surface area contributed by atoms with Gasteiger partial charge in [-0.15, -0.1) is 0 Å². The Bertz CT molecular complexity index is 850. The Balaban J connectivity index is 1.51. The Morgan fingerprint density at radius 2 is 1.72 bits per heavy atom. The Labute approximate surface area is 172 Å². The van der Waals surface area contributed by atoms with Crippen LogP contribution in [-0.2, 0) is 6.54 Å². The van der Waals surface area contributed by atoms with Crippen LogP contribution in [0, 0.1) is 0 Å². The van der Waals surface area contributed by atoms with Crippen molar-refractivity contribution >= 4 is 17.0 Å². The fraction of sp³-hybridized carbons (Fsp3) is 0.750. The minimum absolute atomic E-state index is 0.0617. The zero-order valence-electron chi connectivity index (χ0n) is 18.1. The second-order valence-corrected chi connectivity index (χ2v) is 8.37. The van der Waals surface area contributed by atoms with Crippen molar-refractivity contribution in [1.29, 1.82) is 0 Å². The van der Waals surface area contributed by atoms with E-state index in [-0.39, 0.29) is 23.6 Å². The average Bonchev–Trinajstić information content (AvgIpc) is 2.97. The number of anilines is 1. The first-order valence-corrected chi connectivity index (χ1v) is 10.7. The number of ether oxygens (including phenoxy) is 1. The normalized spacial score (nSPS) is 16.3. The second kappa shape index (κ2) is 9.58. The molecule has 9 nitrogen and oxygen atoms in total. The van der Waals surface area contributed by atoms with Gasteiger partial charge in [0.05, 0.1) is 6.10 Å². The molecule has 3 heterocycles. The lowest BCUT2D eigenvalue weighted by Gasteiger charge is -2.36. The first-order chi connectivity index (χ1) is 13.8. The van der Waals surface area contributed by atoms with Crippen LogP contribution in [0.5, 0.6) is 6.01 Å². The molecule has 0 bridgehead atoms. The Morgan fingerprint density at radius 3 is 2.38 bits per heavy atom. The summed E-state index contributed by atoms with van der Waals surface area (Å²) in [5, 5.41) is 0.